The van der Waals surface area contributed by atoms with Gasteiger partial charge in [-0.05, 0) is 55.4 Å². The van der Waals surface area contributed by atoms with Crippen LogP contribution in [0.15, 0.2) is 46.6 Å². The van der Waals surface area contributed by atoms with E-state index >= 15 is 0 Å². The predicted octanol–water partition coefficient (Wildman–Crippen LogP) is 2.23. The number of rotatable bonds is 8. The fourth-order valence-corrected chi connectivity index (χ4v) is 3.04. The number of aliphatic hydroxyl groups is 2. The summed E-state index contributed by atoms with van der Waals surface area (Å²) >= 11 is 0. The second-order valence-electron chi connectivity index (χ2n) is 8.35. The maximum absolute atomic E-state index is 12.5. The van der Waals surface area contributed by atoms with E-state index in [-0.39, 0.29) is 22.3 Å². The summed E-state index contributed by atoms with van der Waals surface area (Å²) in [6.45, 7) is 12.3. The second-order valence-corrected chi connectivity index (χ2v) is 8.35. The van der Waals surface area contributed by atoms with Crippen molar-refractivity contribution in [2.75, 3.05) is 0 Å². The summed E-state index contributed by atoms with van der Waals surface area (Å²) in [4.78, 5) is 50.2. The van der Waals surface area contributed by atoms with Crippen LogP contribution in [0.1, 0.15) is 55.4 Å². The summed E-state index contributed by atoms with van der Waals surface area (Å²) in [7, 11) is 0. The summed E-state index contributed by atoms with van der Waals surface area (Å²) in [5, 5.41) is 22.4. The maximum Gasteiger partial charge on any atom is 0.333 e. The lowest BCUT2D eigenvalue weighted by Gasteiger charge is -2.45. The Hall–Kier alpha value is -3.24. The number of carbonyl (C=O) groups excluding carboxylic acids is 4. The number of esters is 4. The first-order chi connectivity index (χ1) is 16.8. The molecule has 0 amide bonds. The van der Waals surface area contributed by atoms with Crippen LogP contribution in [0.2, 0.25) is 0 Å². The van der Waals surface area contributed by atoms with E-state index in [1.54, 1.807) is 27.7 Å². The molecule has 10 nitrogen and oxygen atoms in total. The van der Waals surface area contributed by atoms with Gasteiger partial charge in [0.25, 0.3) is 0 Å². The van der Waals surface area contributed by atoms with Gasteiger partial charge in [-0.1, -0.05) is 24.3 Å². The smallest absolute Gasteiger partial charge is 0.333 e. The number of ether oxygens (including phenoxy) is 4. The standard InChI is InChI=1S/C26H36O10/c1-9-13(5)23(29)33-19-17(27)21(35-25(31)15(7)11-3)22(36-26(32)16(8)12-4)18(28)20(19)34-24(30)14(6)10-2/h9-12,17-22,27-28H,1-8H3/b13-9-,14-10-,15-11-,16-12-/t17?,18?,19-,20-,21-,22+/m0/s1. The lowest BCUT2D eigenvalue weighted by Crippen LogP contribution is -2.67. The van der Waals surface area contributed by atoms with Crippen LogP contribution in [0.25, 0.3) is 0 Å². The Kier molecular flexibility index (Phi) is 11.8. The van der Waals surface area contributed by atoms with E-state index in [0.717, 1.165) is 0 Å². The molecule has 1 fully saturated rings. The first kappa shape index (κ1) is 30.8. The molecule has 10 heteroatoms. The fourth-order valence-electron chi connectivity index (χ4n) is 3.04. The summed E-state index contributed by atoms with van der Waals surface area (Å²) in [5.74, 6) is -3.42. The van der Waals surface area contributed by atoms with E-state index in [2.05, 4.69) is 0 Å². The molecule has 0 saturated heterocycles. The number of carbonyl (C=O) groups is 4. The van der Waals surface area contributed by atoms with Gasteiger partial charge < -0.3 is 29.2 Å². The molecule has 0 heterocycles. The Bertz CT molecular complexity index is 817. The zero-order chi connectivity index (χ0) is 27.7. The van der Waals surface area contributed by atoms with E-state index in [4.69, 9.17) is 18.9 Å². The van der Waals surface area contributed by atoms with Crippen LogP contribution in [0, 0.1) is 0 Å². The van der Waals surface area contributed by atoms with Crippen LogP contribution < -0.4 is 0 Å². The van der Waals surface area contributed by atoms with E-state index in [9.17, 15) is 29.4 Å². The van der Waals surface area contributed by atoms with Gasteiger partial charge in [-0.3, -0.25) is 0 Å². The lowest BCUT2D eigenvalue weighted by molar-refractivity contribution is -0.249. The van der Waals surface area contributed by atoms with Crippen molar-refractivity contribution in [3.05, 3.63) is 46.6 Å². The van der Waals surface area contributed by atoms with E-state index < -0.39 is 60.5 Å². The largest absolute Gasteiger partial charge is 0.452 e. The fraction of sp³-hybridized carbons (Fsp3) is 0.538. The predicted molar refractivity (Wildman–Crippen MR) is 129 cm³/mol. The summed E-state index contributed by atoms with van der Waals surface area (Å²) in [6.07, 6.45) is -4.41. The molecule has 1 aliphatic carbocycles. The molecular formula is C26H36O10. The van der Waals surface area contributed by atoms with Crippen LogP contribution in [0.4, 0.5) is 0 Å². The normalized spacial score (nSPS) is 27.7. The Morgan fingerprint density at radius 2 is 0.639 bits per heavy atom. The molecule has 6 atom stereocenters. The molecule has 0 radical (unpaired) electrons. The van der Waals surface area contributed by atoms with Gasteiger partial charge in [-0.15, -0.1) is 0 Å². The van der Waals surface area contributed by atoms with Gasteiger partial charge in [0.15, 0.2) is 24.4 Å². The molecule has 0 aromatic heterocycles. The maximum atomic E-state index is 12.5. The van der Waals surface area contributed by atoms with Gasteiger partial charge in [-0.2, -0.15) is 0 Å². The third kappa shape index (κ3) is 7.38. The summed E-state index contributed by atoms with van der Waals surface area (Å²) in [5.41, 5.74) is 0.730. The highest BCUT2D eigenvalue weighted by Crippen LogP contribution is 2.32. The monoisotopic (exact) mass is 508 g/mol. The molecule has 0 spiro atoms. The van der Waals surface area contributed by atoms with E-state index in [1.807, 2.05) is 0 Å². The molecule has 2 unspecified atom stereocenters. The van der Waals surface area contributed by atoms with Crippen LogP contribution >= 0.6 is 0 Å². The van der Waals surface area contributed by atoms with Gasteiger partial charge in [0.2, 0.25) is 0 Å². The van der Waals surface area contributed by atoms with Gasteiger partial charge >= 0.3 is 23.9 Å². The van der Waals surface area contributed by atoms with Crippen molar-refractivity contribution >= 4 is 23.9 Å². The van der Waals surface area contributed by atoms with Crippen molar-refractivity contribution in [2.24, 2.45) is 0 Å². The molecule has 0 aromatic rings. The molecule has 200 valence electrons. The highest BCUT2D eigenvalue weighted by atomic mass is 16.6. The van der Waals surface area contributed by atoms with Crippen molar-refractivity contribution < 1.29 is 48.3 Å². The molecule has 0 bridgehead atoms. The molecule has 0 aromatic carbocycles. The molecule has 36 heavy (non-hydrogen) atoms. The van der Waals surface area contributed by atoms with E-state index in [0.29, 0.717) is 0 Å². The quantitative estimate of drug-likeness (QED) is 0.284. The van der Waals surface area contributed by atoms with Crippen LogP contribution in [-0.2, 0) is 38.1 Å². The molecule has 2 N–H and O–H groups in total. The summed E-state index contributed by atoms with van der Waals surface area (Å²) in [6, 6.07) is 0. The highest BCUT2D eigenvalue weighted by Gasteiger charge is 2.57. The van der Waals surface area contributed by atoms with Crippen molar-refractivity contribution in [3.8, 4) is 0 Å². The Labute approximate surface area is 211 Å². The topological polar surface area (TPSA) is 146 Å². The lowest BCUT2D eigenvalue weighted by atomic mass is 9.84. The number of allylic oxidation sites excluding steroid dienone is 4. The Balaban J connectivity index is 3.60. The number of hydrogen-bond acceptors (Lipinski definition) is 10. The van der Waals surface area contributed by atoms with Crippen LogP contribution in [0.3, 0.4) is 0 Å². The molecular weight excluding hydrogens is 472 g/mol. The minimum absolute atomic E-state index is 0.182. The third-order valence-electron chi connectivity index (χ3n) is 5.99. The molecule has 1 rings (SSSR count). The first-order valence-corrected chi connectivity index (χ1v) is 11.6. The van der Waals surface area contributed by atoms with Crippen molar-refractivity contribution in [3.63, 3.8) is 0 Å². The van der Waals surface area contributed by atoms with Gasteiger partial charge in [-0.25, -0.2) is 19.2 Å². The van der Waals surface area contributed by atoms with Crippen molar-refractivity contribution in [1.82, 2.24) is 0 Å². The second kappa shape index (κ2) is 13.7. The minimum Gasteiger partial charge on any atom is -0.452 e. The molecule has 1 aliphatic rings. The average molecular weight is 509 g/mol. The van der Waals surface area contributed by atoms with E-state index in [1.165, 1.54) is 52.0 Å². The average Bonchev–Trinajstić information content (AvgIpc) is 2.88. The van der Waals surface area contributed by atoms with Gasteiger partial charge in [0, 0.05) is 22.3 Å². The Morgan fingerprint density at radius 1 is 0.472 bits per heavy atom. The SMILES string of the molecule is C/C=C(/C)C(=O)O[C@@H]1C(O)[C@H](OC(=O)/C(C)=C\C)[C@@H](OC(=O)/C(C)=C\C)C(O)[C@@H]1OC(=O)/C(C)=C\C. The zero-order valence-corrected chi connectivity index (χ0v) is 21.9. The van der Waals surface area contributed by atoms with Crippen LogP contribution in [-0.4, -0.2) is 70.7 Å². The first-order valence-electron chi connectivity index (χ1n) is 11.6. The number of aliphatic hydroxyl groups excluding tert-OH is 2. The van der Waals surface area contributed by atoms with Crippen molar-refractivity contribution in [1.29, 1.82) is 0 Å². The molecule has 0 aliphatic heterocycles. The third-order valence-corrected chi connectivity index (χ3v) is 5.99. The molecule has 1 saturated carbocycles. The van der Waals surface area contributed by atoms with Crippen molar-refractivity contribution in [2.45, 2.75) is 92.0 Å². The zero-order valence-electron chi connectivity index (χ0n) is 21.9. The van der Waals surface area contributed by atoms with Crippen LogP contribution in [0.5, 0.6) is 0 Å². The summed E-state index contributed by atoms with van der Waals surface area (Å²) < 4.78 is 21.6. The Morgan fingerprint density at radius 3 is 0.778 bits per heavy atom. The van der Waals surface area contributed by atoms with Gasteiger partial charge in [0.1, 0.15) is 12.2 Å². The number of hydrogen-bond donors (Lipinski definition) is 2. The minimum atomic E-state index is -1.83. The highest BCUT2D eigenvalue weighted by molar-refractivity contribution is 5.90. The van der Waals surface area contributed by atoms with Gasteiger partial charge in [0.05, 0.1) is 0 Å².